The van der Waals surface area contributed by atoms with Crippen LogP contribution in [0.5, 0.6) is 17.5 Å². The lowest BCUT2D eigenvalue weighted by Crippen LogP contribution is -2.06. The standard InChI is InChI=1S/C19H19ClN7O5P/c1-33(30)32-12-4-6-16(29)15(10-12)27-25-13-5-3-11(9-14(13)26-27)21-18-22-17(20)23-19(24-18)31-8-2-7-28/h3-6,9-10,28-29,33H,2,7-8H2,1H3,(H,21,22,23,24). The highest BCUT2D eigenvalue weighted by Crippen LogP contribution is 2.31. The van der Waals surface area contributed by atoms with E-state index in [0.29, 0.717) is 28.9 Å². The number of aromatic hydroxyl groups is 1. The Morgan fingerprint density at radius 2 is 1.94 bits per heavy atom. The number of aliphatic hydroxyl groups is 1. The summed E-state index contributed by atoms with van der Waals surface area (Å²) in [5, 5.41) is 30.8. The largest absolute Gasteiger partial charge is 0.506 e. The predicted molar refractivity (Wildman–Crippen MR) is 121 cm³/mol. The van der Waals surface area contributed by atoms with Crippen LogP contribution in [0.3, 0.4) is 0 Å². The van der Waals surface area contributed by atoms with E-state index in [9.17, 15) is 9.67 Å². The van der Waals surface area contributed by atoms with Gasteiger partial charge in [-0.1, -0.05) is 0 Å². The van der Waals surface area contributed by atoms with Crippen molar-refractivity contribution in [2.75, 3.05) is 25.2 Å². The lowest BCUT2D eigenvalue weighted by molar-refractivity contribution is 0.224. The molecule has 0 aliphatic carbocycles. The SMILES string of the molecule is C[PH](=O)Oc1ccc(O)c(-n2nc3ccc(Nc4nc(Cl)nc(OCCCO)n4)cc3n2)c1. The van der Waals surface area contributed by atoms with Crippen molar-refractivity contribution in [2.24, 2.45) is 0 Å². The molecule has 4 rings (SSSR count). The van der Waals surface area contributed by atoms with E-state index in [4.69, 9.17) is 26.0 Å². The maximum absolute atomic E-state index is 11.4. The third-order valence-electron chi connectivity index (χ3n) is 4.18. The zero-order valence-electron chi connectivity index (χ0n) is 17.3. The van der Waals surface area contributed by atoms with Gasteiger partial charge in [0.2, 0.25) is 19.3 Å². The molecule has 172 valence electrons. The number of rotatable bonds is 9. The van der Waals surface area contributed by atoms with Crippen LogP contribution in [0.2, 0.25) is 5.28 Å². The number of nitrogens with zero attached hydrogens (tertiary/aromatic N) is 6. The minimum absolute atomic E-state index is 0.0151. The Bertz CT molecular complexity index is 1320. The highest BCUT2D eigenvalue weighted by atomic mass is 35.5. The molecule has 3 N–H and O–H groups in total. The number of phenolic OH excluding ortho intramolecular Hbond substituents is 1. The summed E-state index contributed by atoms with van der Waals surface area (Å²) >= 11 is 5.95. The fourth-order valence-corrected chi connectivity index (χ4v) is 3.41. The number of benzene rings is 2. The van der Waals surface area contributed by atoms with E-state index in [1.807, 2.05) is 0 Å². The smallest absolute Gasteiger partial charge is 0.322 e. The number of aromatic nitrogens is 6. The van der Waals surface area contributed by atoms with Crippen LogP contribution in [0.1, 0.15) is 6.42 Å². The molecule has 0 saturated carbocycles. The average molecular weight is 492 g/mol. The van der Waals surface area contributed by atoms with E-state index in [0.717, 1.165) is 0 Å². The molecule has 14 heteroatoms. The van der Waals surface area contributed by atoms with Crippen LogP contribution >= 0.6 is 19.6 Å². The van der Waals surface area contributed by atoms with Crippen molar-refractivity contribution in [3.05, 3.63) is 41.7 Å². The topological polar surface area (TPSA) is 157 Å². The second-order valence-corrected chi connectivity index (χ2v) is 8.22. The first-order chi connectivity index (χ1) is 15.9. The van der Waals surface area contributed by atoms with E-state index in [-0.39, 0.29) is 41.9 Å². The Labute approximate surface area is 193 Å². The van der Waals surface area contributed by atoms with Gasteiger partial charge in [-0.05, 0) is 41.9 Å². The van der Waals surface area contributed by atoms with Crippen molar-refractivity contribution in [2.45, 2.75) is 6.42 Å². The Morgan fingerprint density at radius 3 is 2.73 bits per heavy atom. The van der Waals surface area contributed by atoms with Gasteiger partial charge in [-0.2, -0.15) is 15.0 Å². The molecule has 1 unspecified atom stereocenters. The normalized spacial score (nSPS) is 12.0. The molecule has 12 nitrogen and oxygen atoms in total. The summed E-state index contributed by atoms with van der Waals surface area (Å²) in [6, 6.07) is 9.65. The second-order valence-electron chi connectivity index (χ2n) is 6.70. The molecule has 0 fully saturated rings. The molecule has 4 aromatic rings. The van der Waals surface area contributed by atoms with Crippen LogP contribution in [0, 0.1) is 0 Å². The summed E-state index contributed by atoms with van der Waals surface area (Å²) in [7, 11) is -2.21. The lowest BCUT2D eigenvalue weighted by atomic mass is 10.3. The molecule has 0 spiro atoms. The summed E-state index contributed by atoms with van der Waals surface area (Å²) < 4.78 is 22.0. The van der Waals surface area contributed by atoms with Gasteiger partial charge in [0, 0.05) is 31.4 Å². The van der Waals surface area contributed by atoms with Crippen LogP contribution in [0.25, 0.3) is 16.7 Å². The monoisotopic (exact) mass is 491 g/mol. The number of hydrogen-bond donors (Lipinski definition) is 3. The summed E-state index contributed by atoms with van der Waals surface area (Å²) in [5.41, 5.74) is 1.96. The highest BCUT2D eigenvalue weighted by molar-refractivity contribution is 7.38. The third kappa shape index (κ3) is 5.67. The van der Waals surface area contributed by atoms with Gasteiger partial charge in [0.15, 0.2) is 0 Å². The number of aliphatic hydroxyl groups excluding tert-OH is 1. The molecule has 33 heavy (non-hydrogen) atoms. The zero-order chi connectivity index (χ0) is 23.4. The molecule has 2 aromatic carbocycles. The molecule has 2 aromatic heterocycles. The van der Waals surface area contributed by atoms with Crippen molar-refractivity contribution in [3.8, 4) is 23.2 Å². The Hall–Kier alpha value is -3.47. The number of phenols is 1. The van der Waals surface area contributed by atoms with Gasteiger partial charge in [0.05, 0.1) is 6.61 Å². The minimum atomic E-state index is -2.21. The highest BCUT2D eigenvalue weighted by Gasteiger charge is 2.13. The van der Waals surface area contributed by atoms with Gasteiger partial charge in [-0.3, -0.25) is 4.57 Å². The Morgan fingerprint density at radius 1 is 1.12 bits per heavy atom. The number of ether oxygens (including phenoxy) is 1. The molecule has 0 aliphatic rings. The van der Waals surface area contributed by atoms with Crippen molar-refractivity contribution in [1.82, 2.24) is 29.9 Å². The molecule has 0 saturated heterocycles. The van der Waals surface area contributed by atoms with Crippen LogP contribution in [-0.4, -0.2) is 60.0 Å². The van der Waals surface area contributed by atoms with Gasteiger partial charge in [-0.15, -0.1) is 15.0 Å². The Balaban J connectivity index is 1.59. The van der Waals surface area contributed by atoms with Crippen LogP contribution in [0.15, 0.2) is 36.4 Å². The molecule has 0 bridgehead atoms. The molecule has 0 aliphatic heterocycles. The van der Waals surface area contributed by atoms with Crippen molar-refractivity contribution in [3.63, 3.8) is 0 Å². The molecule has 0 amide bonds. The first-order valence-corrected chi connectivity index (χ1v) is 11.9. The molecule has 0 radical (unpaired) electrons. The molecule has 2 heterocycles. The minimum Gasteiger partial charge on any atom is -0.506 e. The number of nitrogens with one attached hydrogen (secondary N) is 1. The van der Waals surface area contributed by atoms with Gasteiger partial charge in [-0.25, -0.2) is 0 Å². The number of anilines is 2. The summed E-state index contributed by atoms with van der Waals surface area (Å²) in [5.74, 6) is 0.435. The number of fused-ring (bicyclic) bond motifs is 1. The van der Waals surface area contributed by atoms with E-state index >= 15 is 0 Å². The van der Waals surface area contributed by atoms with Gasteiger partial charge in [0.1, 0.15) is 28.2 Å². The van der Waals surface area contributed by atoms with Crippen LogP contribution in [-0.2, 0) is 4.57 Å². The molecular formula is C19H19ClN7O5P. The average Bonchev–Trinajstić information content (AvgIpc) is 3.18. The quantitative estimate of drug-likeness (QED) is 0.233. The predicted octanol–water partition coefficient (Wildman–Crippen LogP) is 2.95. The zero-order valence-corrected chi connectivity index (χ0v) is 19.0. The number of halogens is 1. The van der Waals surface area contributed by atoms with E-state index in [1.165, 1.54) is 29.7 Å². The van der Waals surface area contributed by atoms with E-state index in [1.54, 1.807) is 18.2 Å². The summed E-state index contributed by atoms with van der Waals surface area (Å²) in [6.07, 6.45) is 0.431. The Kier molecular flexibility index (Phi) is 6.87. The fourth-order valence-electron chi connectivity index (χ4n) is 2.80. The lowest BCUT2D eigenvalue weighted by Gasteiger charge is -2.07. The summed E-state index contributed by atoms with van der Waals surface area (Å²) in [6.45, 7) is 1.69. The van der Waals surface area contributed by atoms with Gasteiger partial charge < -0.3 is 24.8 Å². The molecule has 1 atom stereocenters. The van der Waals surface area contributed by atoms with Gasteiger partial charge >= 0.3 is 6.01 Å². The summed E-state index contributed by atoms with van der Waals surface area (Å²) in [4.78, 5) is 13.3. The third-order valence-corrected chi connectivity index (χ3v) is 4.87. The maximum atomic E-state index is 11.4. The van der Waals surface area contributed by atoms with Crippen molar-refractivity contribution < 1.29 is 24.0 Å². The van der Waals surface area contributed by atoms with Crippen LogP contribution in [0.4, 0.5) is 11.6 Å². The molecular weight excluding hydrogens is 473 g/mol. The fraction of sp³-hybridized carbons (Fsp3) is 0.211. The van der Waals surface area contributed by atoms with Crippen molar-refractivity contribution in [1.29, 1.82) is 0 Å². The number of hydrogen-bond acceptors (Lipinski definition) is 11. The van der Waals surface area contributed by atoms with Crippen molar-refractivity contribution >= 4 is 42.3 Å². The van der Waals surface area contributed by atoms with E-state index < -0.39 is 8.03 Å². The van der Waals surface area contributed by atoms with Gasteiger partial charge in [0.25, 0.3) is 0 Å². The second kappa shape index (κ2) is 9.99. The first-order valence-electron chi connectivity index (χ1n) is 9.72. The van der Waals surface area contributed by atoms with E-state index in [2.05, 4.69) is 30.5 Å². The first kappa shape index (κ1) is 22.7. The van der Waals surface area contributed by atoms with Crippen LogP contribution < -0.4 is 14.6 Å². The maximum Gasteiger partial charge on any atom is 0.322 e.